The first-order chi connectivity index (χ1) is 15.0. The number of ether oxygens (including phenoxy) is 1. The van der Waals surface area contributed by atoms with Gasteiger partial charge in [-0.2, -0.15) is 13.2 Å². The van der Waals surface area contributed by atoms with Crippen LogP contribution in [0, 0.1) is 6.92 Å². The molecular weight excluding hydrogens is 447 g/mol. The third-order valence-corrected chi connectivity index (χ3v) is 6.06. The van der Waals surface area contributed by atoms with Crippen LogP contribution in [-0.4, -0.2) is 19.5 Å². The molecule has 0 spiro atoms. The Kier molecular flexibility index (Phi) is 6.45. The monoisotopic (exact) mass is 465 g/mol. The minimum Gasteiger partial charge on any atom is -0.487 e. The molecule has 3 aromatic rings. The largest absolute Gasteiger partial charge is 0.487 e. The molecule has 0 aliphatic heterocycles. The second-order valence-electron chi connectivity index (χ2n) is 6.87. The van der Waals surface area contributed by atoms with E-state index in [4.69, 9.17) is 9.84 Å². The molecule has 0 bridgehead atoms. The number of sulfonamides is 1. The molecule has 0 heterocycles. The highest BCUT2D eigenvalue weighted by molar-refractivity contribution is 7.92. The van der Waals surface area contributed by atoms with Gasteiger partial charge in [0.05, 0.1) is 21.7 Å². The van der Waals surface area contributed by atoms with Crippen molar-refractivity contribution in [1.82, 2.24) is 0 Å². The molecule has 0 radical (unpaired) electrons. The van der Waals surface area contributed by atoms with E-state index in [9.17, 15) is 26.4 Å². The lowest BCUT2D eigenvalue weighted by molar-refractivity contribution is -0.137. The predicted octanol–water partition coefficient (Wildman–Crippen LogP) is 5.09. The van der Waals surface area contributed by atoms with Crippen LogP contribution < -0.4 is 9.46 Å². The number of carboxylic acid groups (broad SMARTS) is 1. The Labute approximate surface area is 182 Å². The Bertz CT molecular complexity index is 1240. The van der Waals surface area contributed by atoms with Crippen molar-refractivity contribution in [2.24, 2.45) is 0 Å². The lowest BCUT2D eigenvalue weighted by Gasteiger charge is -2.17. The van der Waals surface area contributed by atoms with Crippen LogP contribution >= 0.6 is 0 Å². The number of hydrogen-bond acceptors (Lipinski definition) is 4. The number of rotatable bonds is 7. The molecule has 0 atom stereocenters. The fourth-order valence-electron chi connectivity index (χ4n) is 2.87. The second kappa shape index (κ2) is 8.91. The van der Waals surface area contributed by atoms with E-state index in [1.54, 1.807) is 19.1 Å². The first kappa shape index (κ1) is 23.1. The third-order valence-electron chi connectivity index (χ3n) is 4.53. The highest BCUT2D eigenvalue weighted by Gasteiger charge is 2.32. The Morgan fingerprint density at radius 3 is 2.28 bits per heavy atom. The van der Waals surface area contributed by atoms with Gasteiger partial charge in [-0.25, -0.2) is 13.2 Å². The molecule has 0 fully saturated rings. The van der Waals surface area contributed by atoms with Gasteiger partial charge in [-0.15, -0.1) is 0 Å². The van der Waals surface area contributed by atoms with Gasteiger partial charge in [0.1, 0.15) is 12.4 Å². The first-order valence-corrected chi connectivity index (χ1v) is 10.7. The van der Waals surface area contributed by atoms with E-state index >= 15 is 0 Å². The maximum atomic E-state index is 13.2. The number of aromatic carboxylic acids is 1. The van der Waals surface area contributed by atoms with Crippen molar-refractivity contribution < 1.29 is 36.2 Å². The molecule has 0 aliphatic rings. The number of hydrogen-bond donors (Lipinski definition) is 2. The molecule has 168 valence electrons. The summed E-state index contributed by atoms with van der Waals surface area (Å²) >= 11 is 0. The van der Waals surface area contributed by atoms with Crippen molar-refractivity contribution in [2.75, 3.05) is 4.72 Å². The van der Waals surface area contributed by atoms with Gasteiger partial charge in [-0.1, -0.05) is 30.3 Å². The van der Waals surface area contributed by atoms with Gasteiger partial charge < -0.3 is 9.84 Å². The first-order valence-electron chi connectivity index (χ1n) is 9.22. The van der Waals surface area contributed by atoms with E-state index in [2.05, 4.69) is 4.72 Å². The SMILES string of the molecule is Cc1ccccc1S(=O)(=O)Nc1cc(C(F)(F)F)ccc1OCc1ccc(C(=O)O)cc1. The molecule has 6 nitrogen and oxygen atoms in total. The number of alkyl halides is 3. The lowest BCUT2D eigenvalue weighted by atomic mass is 10.1. The zero-order valence-electron chi connectivity index (χ0n) is 16.7. The molecule has 0 amide bonds. The summed E-state index contributed by atoms with van der Waals surface area (Å²) in [6, 6.07) is 14.2. The van der Waals surface area contributed by atoms with E-state index in [1.165, 1.54) is 36.4 Å². The number of aryl methyl sites for hydroxylation is 1. The van der Waals surface area contributed by atoms with Crippen LogP contribution in [0.3, 0.4) is 0 Å². The van der Waals surface area contributed by atoms with Gasteiger partial charge in [0.2, 0.25) is 0 Å². The predicted molar refractivity (Wildman–Crippen MR) is 111 cm³/mol. The number of carbonyl (C=O) groups is 1. The zero-order chi connectivity index (χ0) is 23.5. The molecule has 0 aliphatic carbocycles. The number of anilines is 1. The third kappa shape index (κ3) is 5.38. The van der Waals surface area contributed by atoms with Crippen LogP contribution in [0.2, 0.25) is 0 Å². The topological polar surface area (TPSA) is 92.7 Å². The fourth-order valence-corrected chi connectivity index (χ4v) is 4.18. The summed E-state index contributed by atoms with van der Waals surface area (Å²) in [5.41, 5.74) is -0.381. The molecule has 10 heteroatoms. The summed E-state index contributed by atoms with van der Waals surface area (Å²) in [5.74, 6) is -1.22. The maximum Gasteiger partial charge on any atom is 0.416 e. The zero-order valence-corrected chi connectivity index (χ0v) is 17.5. The Morgan fingerprint density at radius 2 is 1.69 bits per heavy atom. The number of halogens is 3. The summed E-state index contributed by atoms with van der Waals surface area (Å²) < 4.78 is 73.0. The number of carboxylic acids is 1. The molecule has 2 N–H and O–H groups in total. The molecular formula is C22H18F3NO5S. The normalized spacial score (nSPS) is 11.8. The van der Waals surface area contributed by atoms with E-state index in [0.717, 1.165) is 12.1 Å². The maximum absolute atomic E-state index is 13.2. The van der Waals surface area contributed by atoms with Crippen molar-refractivity contribution in [3.05, 3.63) is 89.0 Å². The quantitative estimate of drug-likeness (QED) is 0.507. The standard InChI is InChI=1S/C22H18F3NO5S/c1-14-4-2-3-5-20(14)32(29,30)26-18-12-17(22(23,24)25)10-11-19(18)31-13-15-6-8-16(9-7-15)21(27)28/h2-12,26H,13H2,1H3,(H,27,28). The van der Waals surface area contributed by atoms with Crippen molar-refractivity contribution in [1.29, 1.82) is 0 Å². The average molecular weight is 465 g/mol. The van der Waals surface area contributed by atoms with Gasteiger partial charge in [0, 0.05) is 0 Å². The Balaban J connectivity index is 1.92. The highest BCUT2D eigenvalue weighted by Crippen LogP contribution is 2.36. The molecule has 0 aromatic heterocycles. The van der Waals surface area contributed by atoms with Crippen molar-refractivity contribution >= 4 is 21.7 Å². The lowest BCUT2D eigenvalue weighted by Crippen LogP contribution is -2.16. The fraction of sp³-hybridized carbons (Fsp3) is 0.136. The van der Waals surface area contributed by atoms with Gasteiger partial charge >= 0.3 is 12.1 Å². The van der Waals surface area contributed by atoms with E-state index < -0.39 is 27.7 Å². The van der Waals surface area contributed by atoms with Gasteiger partial charge in [0.15, 0.2) is 0 Å². The molecule has 0 saturated heterocycles. The van der Waals surface area contributed by atoms with Crippen LogP contribution in [-0.2, 0) is 22.8 Å². The van der Waals surface area contributed by atoms with E-state index in [0.29, 0.717) is 17.2 Å². The average Bonchev–Trinajstić information content (AvgIpc) is 2.72. The summed E-state index contributed by atoms with van der Waals surface area (Å²) in [5, 5.41) is 8.95. The number of nitrogens with one attached hydrogen (secondary N) is 1. The minimum absolute atomic E-state index is 0.0648. The molecule has 32 heavy (non-hydrogen) atoms. The van der Waals surface area contributed by atoms with Crippen molar-refractivity contribution in [3.63, 3.8) is 0 Å². The highest BCUT2D eigenvalue weighted by atomic mass is 32.2. The van der Waals surface area contributed by atoms with Crippen molar-refractivity contribution in [2.45, 2.75) is 24.6 Å². The van der Waals surface area contributed by atoms with Crippen LogP contribution in [0.1, 0.15) is 27.0 Å². The Morgan fingerprint density at radius 1 is 1.03 bits per heavy atom. The molecule has 0 saturated carbocycles. The second-order valence-corrected chi connectivity index (χ2v) is 8.52. The Hall–Kier alpha value is -3.53. The van der Waals surface area contributed by atoms with Crippen LogP contribution in [0.25, 0.3) is 0 Å². The smallest absolute Gasteiger partial charge is 0.416 e. The molecule has 3 aromatic carbocycles. The van der Waals surface area contributed by atoms with E-state index in [1.807, 2.05) is 0 Å². The van der Waals surface area contributed by atoms with Crippen LogP contribution in [0.5, 0.6) is 5.75 Å². The minimum atomic E-state index is -4.69. The van der Waals surface area contributed by atoms with Crippen LogP contribution in [0.4, 0.5) is 18.9 Å². The molecule has 3 rings (SSSR count). The van der Waals surface area contributed by atoms with Crippen molar-refractivity contribution in [3.8, 4) is 5.75 Å². The molecule has 0 unspecified atom stereocenters. The summed E-state index contributed by atoms with van der Waals surface area (Å²) in [6.45, 7) is 1.45. The number of benzene rings is 3. The van der Waals surface area contributed by atoms with Gasteiger partial charge in [0.25, 0.3) is 10.0 Å². The summed E-state index contributed by atoms with van der Waals surface area (Å²) in [6.07, 6.45) is -4.69. The van der Waals surface area contributed by atoms with Gasteiger partial charge in [-0.05, 0) is 54.4 Å². The van der Waals surface area contributed by atoms with Crippen LogP contribution in [0.15, 0.2) is 71.6 Å². The summed E-state index contributed by atoms with van der Waals surface area (Å²) in [4.78, 5) is 10.9. The van der Waals surface area contributed by atoms with E-state index in [-0.39, 0.29) is 28.5 Å². The van der Waals surface area contributed by atoms with Gasteiger partial charge in [-0.3, -0.25) is 4.72 Å². The summed E-state index contributed by atoms with van der Waals surface area (Å²) in [7, 11) is -4.19.